The number of non-ortho nitro benzene ring substituents is 1. The predicted octanol–water partition coefficient (Wildman–Crippen LogP) is 4.77. The molecule has 10 nitrogen and oxygen atoms in total. The van der Waals surface area contributed by atoms with Crippen LogP contribution in [0.1, 0.15) is 27.2 Å². The molecule has 42 heavy (non-hydrogen) atoms. The highest BCUT2D eigenvalue weighted by Crippen LogP contribution is 2.19. The van der Waals surface area contributed by atoms with Crippen molar-refractivity contribution in [3.8, 4) is 5.75 Å². The molecule has 0 unspecified atom stereocenters. The molecular weight excluding hydrogens is 536 g/mol. The summed E-state index contributed by atoms with van der Waals surface area (Å²) in [4.78, 5) is 41.1. The van der Waals surface area contributed by atoms with Gasteiger partial charge in [0.25, 0.3) is 11.6 Å². The highest BCUT2D eigenvalue weighted by Gasteiger charge is 2.24. The van der Waals surface area contributed by atoms with Gasteiger partial charge in [0.05, 0.1) is 25.2 Å². The lowest BCUT2D eigenvalue weighted by Gasteiger charge is -2.28. The number of rotatable bonds is 14. The summed E-state index contributed by atoms with van der Waals surface area (Å²) in [6.07, 6.45) is 1.97. The van der Waals surface area contributed by atoms with E-state index in [1.165, 1.54) is 36.3 Å². The summed E-state index contributed by atoms with van der Waals surface area (Å²) in [7, 11) is 3.14. The lowest BCUT2D eigenvalue weighted by atomic mass is 10.1. The average Bonchev–Trinajstić information content (AvgIpc) is 3.45. The van der Waals surface area contributed by atoms with Crippen molar-refractivity contribution in [2.45, 2.75) is 19.6 Å². The Kier molecular flexibility index (Phi) is 10.4. The Morgan fingerprint density at radius 3 is 2.36 bits per heavy atom. The number of ether oxygens (including phenoxy) is 2. The van der Waals surface area contributed by atoms with Crippen molar-refractivity contribution >= 4 is 17.5 Å². The SMILES string of the molecule is COCCN(CC(=O)N(Cc1ccccc1)Cc1cccn1Cc1cccc(OC)c1)C(=O)c1cccc([N+](=O)[O-])c1. The van der Waals surface area contributed by atoms with Crippen molar-refractivity contribution in [2.24, 2.45) is 0 Å². The number of hydrogen-bond donors (Lipinski definition) is 0. The van der Waals surface area contributed by atoms with Crippen LogP contribution in [-0.2, 0) is 29.2 Å². The minimum absolute atomic E-state index is 0.134. The van der Waals surface area contributed by atoms with Gasteiger partial charge in [0.2, 0.25) is 5.91 Å². The van der Waals surface area contributed by atoms with Crippen molar-refractivity contribution in [2.75, 3.05) is 33.9 Å². The van der Waals surface area contributed by atoms with E-state index in [2.05, 4.69) is 4.57 Å². The van der Waals surface area contributed by atoms with Gasteiger partial charge in [0.1, 0.15) is 12.3 Å². The molecule has 4 aromatic rings. The zero-order valence-corrected chi connectivity index (χ0v) is 23.7. The van der Waals surface area contributed by atoms with Crippen molar-refractivity contribution < 1.29 is 24.0 Å². The van der Waals surface area contributed by atoms with E-state index in [0.717, 1.165) is 22.6 Å². The fraction of sp³-hybridized carbons (Fsp3) is 0.250. The molecule has 0 aliphatic carbocycles. The van der Waals surface area contributed by atoms with Gasteiger partial charge in [-0.15, -0.1) is 0 Å². The maximum Gasteiger partial charge on any atom is 0.270 e. The van der Waals surface area contributed by atoms with E-state index < -0.39 is 10.8 Å². The summed E-state index contributed by atoms with van der Waals surface area (Å²) in [5.74, 6) is 0.0275. The van der Waals surface area contributed by atoms with Crippen LogP contribution in [0, 0.1) is 10.1 Å². The second-order valence-corrected chi connectivity index (χ2v) is 9.74. The van der Waals surface area contributed by atoms with Crippen LogP contribution in [0.4, 0.5) is 5.69 Å². The number of carbonyl (C=O) groups excluding carboxylic acids is 2. The van der Waals surface area contributed by atoms with Crippen LogP contribution < -0.4 is 4.74 Å². The van der Waals surface area contributed by atoms with Crippen LogP contribution in [0.2, 0.25) is 0 Å². The number of amides is 2. The van der Waals surface area contributed by atoms with Crippen molar-refractivity contribution in [1.29, 1.82) is 0 Å². The Morgan fingerprint density at radius 2 is 1.62 bits per heavy atom. The van der Waals surface area contributed by atoms with Crippen LogP contribution in [-0.4, -0.2) is 65.0 Å². The van der Waals surface area contributed by atoms with E-state index in [1.54, 1.807) is 12.0 Å². The molecule has 1 aromatic heterocycles. The lowest BCUT2D eigenvalue weighted by Crippen LogP contribution is -2.44. The van der Waals surface area contributed by atoms with Gasteiger partial charge in [0, 0.05) is 56.3 Å². The molecule has 1 heterocycles. The number of nitro groups is 1. The monoisotopic (exact) mass is 570 g/mol. The van der Waals surface area contributed by atoms with Crippen LogP contribution in [0.25, 0.3) is 0 Å². The average molecular weight is 571 g/mol. The molecule has 0 atom stereocenters. The molecule has 4 rings (SSSR count). The van der Waals surface area contributed by atoms with Gasteiger partial charge < -0.3 is 23.8 Å². The first-order valence-electron chi connectivity index (χ1n) is 13.5. The fourth-order valence-corrected chi connectivity index (χ4v) is 4.60. The Hall–Kier alpha value is -4.96. The summed E-state index contributed by atoms with van der Waals surface area (Å²) in [5, 5.41) is 11.3. The van der Waals surface area contributed by atoms with Crippen LogP contribution in [0.15, 0.2) is 97.2 Å². The van der Waals surface area contributed by atoms with E-state index in [0.29, 0.717) is 19.6 Å². The maximum absolute atomic E-state index is 13.9. The molecule has 10 heteroatoms. The molecule has 3 aromatic carbocycles. The molecule has 0 bridgehead atoms. The second kappa shape index (κ2) is 14.6. The first kappa shape index (κ1) is 30.0. The molecule has 0 fully saturated rings. The number of nitrogens with zero attached hydrogens (tertiary/aromatic N) is 4. The number of carbonyl (C=O) groups is 2. The van der Waals surface area contributed by atoms with Crippen molar-refractivity contribution in [3.05, 3.63) is 130 Å². The Labute approximate surface area is 244 Å². The van der Waals surface area contributed by atoms with E-state index in [9.17, 15) is 19.7 Å². The van der Waals surface area contributed by atoms with Crippen LogP contribution in [0.3, 0.4) is 0 Å². The minimum Gasteiger partial charge on any atom is -0.497 e. The topological polar surface area (TPSA) is 107 Å². The first-order valence-corrected chi connectivity index (χ1v) is 13.5. The summed E-state index contributed by atoms with van der Waals surface area (Å²) in [6, 6.07) is 26.9. The van der Waals surface area contributed by atoms with E-state index >= 15 is 0 Å². The number of benzene rings is 3. The first-order chi connectivity index (χ1) is 20.4. The molecular formula is C32H34N4O6. The van der Waals surface area contributed by atoms with Gasteiger partial charge >= 0.3 is 0 Å². The third-order valence-corrected chi connectivity index (χ3v) is 6.82. The summed E-state index contributed by atoms with van der Waals surface area (Å²) >= 11 is 0. The number of aromatic nitrogens is 1. The van der Waals surface area contributed by atoms with Gasteiger partial charge in [-0.1, -0.05) is 48.5 Å². The third-order valence-electron chi connectivity index (χ3n) is 6.82. The fourth-order valence-electron chi connectivity index (χ4n) is 4.60. The molecule has 0 saturated carbocycles. The zero-order chi connectivity index (χ0) is 29.9. The molecule has 0 saturated heterocycles. The van der Waals surface area contributed by atoms with Crippen molar-refractivity contribution in [1.82, 2.24) is 14.4 Å². The standard InChI is InChI=1S/C32H34N4O6/c1-41-18-17-34(32(38)27-12-7-13-28(20-27)36(39)40)24-31(37)35(21-25-9-4-3-5-10-25)23-29-14-8-16-33(29)22-26-11-6-15-30(19-26)42-2/h3-16,19-20H,17-18,21-24H2,1-2H3. The van der Waals surface area contributed by atoms with Gasteiger partial charge in [0.15, 0.2) is 0 Å². The number of hydrogen-bond acceptors (Lipinski definition) is 6. The smallest absolute Gasteiger partial charge is 0.270 e. The summed E-state index contributed by atoms with van der Waals surface area (Å²) in [6.45, 7) is 1.39. The Bertz CT molecular complexity index is 1500. The molecule has 0 aliphatic heterocycles. The largest absolute Gasteiger partial charge is 0.497 e. The van der Waals surface area contributed by atoms with Gasteiger partial charge in [-0.05, 0) is 41.5 Å². The summed E-state index contributed by atoms with van der Waals surface area (Å²) < 4.78 is 12.6. The summed E-state index contributed by atoms with van der Waals surface area (Å²) in [5.41, 5.74) is 2.87. The van der Waals surface area contributed by atoms with E-state index in [1.807, 2.05) is 72.9 Å². The molecule has 2 amide bonds. The highest BCUT2D eigenvalue weighted by molar-refractivity contribution is 5.97. The normalized spacial score (nSPS) is 10.7. The van der Waals surface area contributed by atoms with Gasteiger partial charge in [-0.2, -0.15) is 0 Å². The third kappa shape index (κ3) is 8.05. The van der Waals surface area contributed by atoms with Crippen LogP contribution in [0.5, 0.6) is 5.75 Å². The molecule has 0 aliphatic rings. The lowest BCUT2D eigenvalue weighted by molar-refractivity contribution is -0.384. The van der Waals surface area contributed by atoms with E-state index in [4.69, 9.17) is 9.47 Å². The van der Waals surface area contributed by atoms with Gasteiger partial charge in [-0.25, -0.2) is 0 Å². The second-order valence-electron chi connectivity index (χ2n) is 9.74. The van der Waals surface area contributed by atoms with Crippen molar-refractivity contribution in [3.63, 3.8) is 0 Å². The minimum atomic E-state index is -0.552. The molecule has 0 N–H and O–H groups in total. The maximum atomic E-state index is 13.9. The predicted molar refractivity (Wildman–Crippen MR) is 158 cm³/mol. The number of nitro benzene ring substituents is 1. The van der Waals surface area contributed by atoms with E-state index in [-0.39, 0.29) is 36.9 Å². The van der Waals surface area contributed by atoms with Crippen LogP contribution >= 0.6 is 0 Å². The number of methoxy groups -OCH3 is 2. The zero-order valence-electron chi connectivity index (χ0n) is 23.7. The molecule has 0 spiro atoms. The Morgan fingerprint density at radius 1 is 0.857 bits per heavy atom. The van der Waals surface area contributed by atoms with Gasteiger partial charge in [-0.3, -0.25) is 19.7 Å². The molecule has 0 radical (unpaired) electrons. The quantitative estimate of drug-likeness (QED) is 0.160. The molecule has 218 valence electrons. The highest BCUT2D eigenvalue weighted by atomic mass is 16.6. The Balaban J connectivity index is 1.58.